The third kappa shape index (κ3) is 4.34. The van der Waals surface area contributed by atoms with E-state index in [0.29, 0.717) is 23.5 Å². The van der Waals surface area contributed by atoms with Crippen LogP contribution < -0.4 is 0 Å². The summed E-state index contributed by atoms with van der Waals surface area (Å²) in [5, 5.41) is 0. The molecule has 0 aliphatic carbocycles. The number of alkyl halides is 3. The van der Waals surface area contributed by atoms with Gasteiger partial charge >= 0.3 is 6.18 Å². The molecular formula is C20H24F3N3O. The van der Waals surface area contributed by atoms with Crippen LogP contribution in [0.25, 0.3) is 0 Å². The number of amides is 1. The van der Waals surface area contributed by atoms with Gasteiger partial charge in [-0.15, -0.1) is 0 Å². The highest BCUT2D eigenvalue weighted by Crippen LogP contribution is 2.32. The average Bonchev–Trinajstić information content (AvgIpc) is 2.82. The van der Waals surface area contributed by atoms with E-state index in [9.17, 15) is 18.0 Å². The van der Waals surface area contributed by atoms with Crippen LogP contribution in [-0.4, -0.2) is 33.1 Å². The van der Waals surface area contributed by atoms with Crippen LogP contribution in [0.1, 0.15) is 59.0 Å². The average molecular weight is 379 g/mol. The van der Waals surface area contributed by atoms with Crippen LogP contribution in [0.4, 0.5) is 13.2 Å². The number of aryl methyl sites for hydroxylation is 1. The number of hydrogen-bond donors (Lipinski definition) is 0. The molecule has 7 heteroatoms. The molecule has 2 aromatic heterocycles. The van der Waals surface area contributed by atoms with Gasteiger partial charge in [-0.2, -0.15) is 13.2 Å². The van der Waals surface area contributed by atoms with Gasteiger partial charge in [0, 0.05) is 30.3 Å². The molecule has 2 aromatic rings. The highest BCUT2D eigenvalue weighted by atomic mass is 19.4. The maximum Gasteiger partial charge on any atom is 0.406 e. The molecule has 4 nitrogen and oxygen atoms in total. The molecular weight excluding hydrogens is 355 g/mol. The van der Waals surface area contributed by atoms with Gasteiger partial charge in [-0.3, -0.25) is 9.78 Å². The zero-order chi connectivity index (χ0) is 19.6. The molecule has 1 fully saturated rings. The second kappa shape index (κ2) is 7.74. The summed E-state index contributed by atoms with van der Waals surface area (Å²) >= 11 is 0. The molecule has 1 aliphatic rings. The van der Waals surface area contributed by atoms with E-state index in [1.165, 1.54) is 4.57 Å². The number of carbonyl (C=O) groups excluding carboxylic acids is 1. The van der Waals surface area contributed by atoms with Crippen LogP contribution in [0.15, 0.2) is 30.6 Å². The van der Waals surface area contributed by atoms with E-state index >= 15 is 0 Å². The standard InChI is InChI=1S/C20H24F3N3O/c1-14-12-17(15(2)26(14)13-20(21,22)23)19(27)25-11-5-3-4-6-18(25)16-7-9-24-10-8-16/h7-10,12,18H,3-6,11,13H2,1-2H3/t18-/m1/s1. The van der Waals surface area contributed by atoms with Gasteiger partial charge in [-0.05, 0) is 50.5 Å². The van der Waals surface area contributed by atoms with Crippen LogP contribution in [0, 0.1) is 13.8 Å². The Morgan fingerprint density at radius 3 is 2.56 bits per heavy atom. The maximum atomic E-state index is 13.3. The molecule has 1 saturated heterocycles. The van der Waals surface area contributed by atoms with Crippen LogP contribution in [-0.2, 0) is 6.54 Å². The highest BCUT2D eigenvalue weighted by molar-refractivity contribution is 5.96. The van der Waals surface area contributed by atoms with Gasteiger partial charge in [-0.25, -0.2) is 0 Å². The number of hydrogen-bond acceptors (Lipinski definition) is 2. The van der Waals surface area contributed by atoms with Gasteiger partial charge in [0.15, 0.2) is 0 Å². The second-order valence-electron chi connectivity index (χ2n) is 7.13. The molecule has 3 rings (SSSR count). The van der Waals surface area contributed by atoms with Crippen LogP contribution in [0.2, 0.25) is 0 Å². The first-order valence-corrected chi connectivity index (χ1v) is 9.22. The van der Waals surface area contributed by atoms with Crippen LogP contribution >= 0.6 is 0 Å². The molecule has 0 aromatic carbocycles. The van der Waals surface area contributed by atoms with Gasteiger partial charge in [0.2, 0.25) is 0 Å². The van der Waals surface area contributed by atoms with Crippen molar-refractivity contribution >= 4 is 5.91 Å². The number of rotatable bonds is 3. The molecule has 146 valence electrons. The van der Waals surface area contributed by atoms with Crippen molar-refractivity contribution in [1.29, 1.82) is 0 Å². The summed E-state index contributed by atoms with van der Waals surface area (Å²) in [4.78, 5) is 19.2. The fourth-order valence-electron chi connectivity index (χ4n) is 3.88. The van der Waals surface area contributed by atoms with Crippen molar-refractivity contribution in [3.8, 4) is 0 Å². The van der Waals surface area contributed by atoms with E-state index in [1.54, 1.807) is 32.3 Å². The van der Waals surface area contributed by atoms with Gasteiger partial charge in [0.25, 0.3) is 5.91 Å². The lowest BCUT2D eigenvalue weighted by molar-refractivity contribution is -0.141. The van der Waals surface area contributed by atoms with Crippen molar-refractivity contribution in [2.45, 2.75) is 58.3 Å². The van der Waals surface area contributed by atoms with Crippen molar-refractivity contribution in [2.75, 3.05) is 6.54 Å². The monoisotopic (exact) mass is 379 g/mol. The Morgan fingerprint density at radius 2 is 1.89 bits per heavy atom. The molecule has 0 spiro atoms. The predicted molar refractivity (Wildman–Crippen MR) is 96.4 cm³/mol. The first-order chi connectivity index (χ1) is 12.8. The second-order valence-corrected chi connectivity index (χ2v) is 7.13. The topological polar surface area (TPSA) is 38.1 Å². The lowest BCUT2D eigenvalue weighted by Crippen LogP contribution is -2.35. The minimum Gasteiger partial charge on any atom is -0.339 e. The number of pyridine rings is 1. The summed E-state index contributed by atoms with van der Waals surface area (Å²) in [6.45, 7) is 2.73. The summed E-state index contributed by atoms with van der Waals surface area (Å²) in [5.74, 6) is -0.194. The molecule has 1 atom stereocenters. The molecule has 0 saturated carbocycles. The molecule has 3 heterocycles. The molecule has 0 unspecified atom stereocenters. The highest BCUT2D eigenvalue weighted by Gasteiger charge is 2.33. The largest absolute Gasteiger partial charge is 0.406 e. The Labute approximate surface area is 157 Å². The fourth-order valence-corrected chi connectivity index (χ4v) is 3.88. The minimum atomic E-state index is -4.32. The summed E-state index contributed by atoms with van der Waals surface area (Å²) in [6.07, 6.45) is 2.89. The van der Waals surface area contributed by atoms with Crippen molar-refractivity contribution in [2.24, 2.45) is 0 Å². The third-order valence-electron chi connectivity index (χ3n) is 5.25. The van der Waals surface area contributed by atoms with Crippen molar-refractivity contribution < 1.29 is 18.0 Å². The number of likely N-dealkylation sites (tertiary alicyclic amines) is 1. The van der Waals surface area contributed by atoms with Crippen molar-refractivity contribution in [1.82, 2.24) is 14.5 Å². The van der Waals surface area contributed by atoms with E-state index in [2.05, 4.69) is 4.98 Å². The van der Waals surface area contributed by atoms with Crippen LogP contribution in [0.3, 0.4) is 0 Å². The summed E-state index contributed by atoms with van der Waals surface area (Å²) in [6, 6.07) is 5.32. The first kappa shape index (κ1) is 19.5. The Hall–Kier alpha value is -2.31. The Balaban J connectivity index is 1.94. The summed E-state index contributed by atoms with van der Waals surface area (Å²) < 4.78 is 39.8. The maximum absolute atomic E-state index is 13.3. The quantitative estimate of drug-likeness (QED) is 0.767. The van der Waals surface area contributed by atoms with Gasteiger partial charge < -0.3 is 9.47 Å². The zero-order valence-electron chi connectivity index (χ0n) is 15.6. The lowest BCUT2D eigenvalue weighted by Gasteiger charge is -2.30. The van der Waals surface area contributed by atoms with Crippen LogP contribution in [0.5, 0.6) is 0 Å². The Bertz CT molecular complexity index is 799. The van der Waals surface area contributed by atoms with Gasteiger partial charge in [-0.1, -0.05) is 12.8 Å². The van der Waals surface area contributed by atoms with Crippen molar-refractivity contribution in [3.05, 3.63) is 53.1 Å². The minimum absolute atomic E-state index is 0.0753. The van der Waals surface area contributed by atoms with E-state index < -0.39 is 12.7 Å². The molecule has 27 heavy (non-hydrogen) atoms. The van der Waals surface area contributed by atoms with E-state index in [-0.39, 0.29) is 11.9 Å². The third-order valence-corrected chi connectivity index (χ3v) is 5.25. The zero-order valence-corrected chi connectivity index (χ0v) is 15.6. The fraction of sp³-hybridized carbons (Fsp3) is 0.500. The summed E-state index contributed by atoms with van der Waals surface area (Å²) in [7, 11) is 0. The molecule has 1 aliphatic heterocycles. The van der Waals surface area contributed by atoms with E-state index in [4.69, 9.17) is 0 Å². The lowest BCUT2D eigenvalue weighted by atomic mass is 10.0. The van der Waals surface area contributed by atoms with E-state index in [1.807, 2.05) is 17.0 Å². The summed E-state index contributed by atoms with van der Waals surface area (Å²) in [5.41, 5.74) is 2.19. The number of nitrogens with zero attached hydrogens (tertiary/aromatic N) is 3. The predicted octanol–water partition coefficient (Wildman–Crippen LogP) is 4.82. The molecule has 1 amide bonds. The number of aromatic nitrogens is 2. The molecule has 0 bridgehead atoms. The van der Waals surface area contributed by atoms with Gasteiger partial charge in [0.05, 0.1) is 11.6 Å². The molecule has 0 N–H and O–H groups in total. The number of halogens is 3. The van der Waals surface area contributed by atoms with Gasteiger partial charge in [0.1, 0.15) is 6.54 Å². The Morgan fingerprint density at radius 1 is 1.19 bits per heavy atom. The van der Waals surface area contributed by atoms with Crippen molar-refractivity contribution in [3.63, 3.8) is 0 Å². The smallest absolute Gasteiger partial charge is 0.339 e. The number of carbonyl (C=O) groups is 1. The SMILES string of the molecule is Cc1cc(C(=O)N2CCCCC[C@@H]2c2ccncc2)c(C)n1CC(F)(F)F. The Kier molecular flexibility index (Phi) is 5.58. The molecule has 0 radical (unpaired) electrons. The first-order valence-electron chi connectivity index (χ1n) is 9.22. The normalized spacial score (nSPS) is 18.4. The van der Waals surface area contributed by atoms with E-state index in [0.717, 1.165) is 31.2 Å².